The monoisotopic (exact) mass is 408 g/mol. The Bertz CT molecular complexity index is 957. The summed E-state index contributed by atoms with van der Waals surface area (Å²) < 4.78 is 16.8. The second-order valence-corrected chi connectivity index (χ2v) is 7.99. The van der Waals surface area contributed by atoms with E-state index in [2.05, 4.69) is 10.3 Å². The molecule has 6 nitrogen and oxygen atoms in total. The van der Waals surface area contributed by atoms with Crippen molar-refractivity contribution in [3.63, 3.8) is 0 Å². The van der Waals surface area contributed by atoms with Gasteiger partial charge in [-0.25, -0.2) is 9.78 Å². The highest BCUT2D eigenvalue weighted by molar-refractivity contribution is 5.67. The van der Waals surface area contributed by atoms with Gasteiger partial charge in [-0.1, -0.05) is 30.3 Å². The zero-order valence-corrected chi connectivity index (χ0v) is 17.9. The fourth-order valence-electron chi connectivity index (χ4n) is 2.82. The van der Waals surface area contributed by atoms with Crippen LogP contribution in [0.4, 0.5) is 4.79 Å². The number of alkyl carbamates (subject to hydrolysis) is 1. The van der Waals surface area contributed by atoms with E-state index >= 15 is 0 Å². The van der Waals surface area contributed by atoms with E-state index in [-0.39, 0.29) is 0 Å². The number of benzene rings is 2. The molecule has 1 aromatic heterocycles. The molecule has 0 aliphatic heterocycles. The molecule has 0 fully saturated rings. The van der Waals surface area contributed by atoms with Crippen LogP contribution in [0.2, 0.25) is 0 Å². The van der Waals surface area contributed by atoms with E-state index in [1.165, 1.54) is 0 Å². The molecule has 0 unspecified atom stereocenters. The summed E-state index contributed by atoms with van der Waals surface area (Å²) in [5, 5.41) is 2.74. The molecule has 0 saturated carbocycles. The smallest absolute Gasteiger partial charge is 0.407 e. The van der Waals surface area contributed by atoms with Crippen LogP contribution in [0, 0.1) is 6.92 Å². The third-order valence-electron chi connectivity index (χ3n) is 4.28. The van der Waals surface area contributed by atoms with Gasteiger partial charge in [-0.3, -0.25) is 0 Å². The van der Waals surface area contributed by atoms with E-state index < -0.39 is 11.7 Å². The Balaban J connectivity index is 1.47. The van der Waals surface area contributed by atoms with Gasteiger partial charge < -0.3 is 19.2 Å². The molecule has 3 aromatic rings. The molecular weight excluding hydrogens is 380 g/mol. The van der Waals surface area contributed by atoms with E-state index in [1.54, 1.807) is 0 Å². The maximum Gasteiger partial charge on any atom is 0.407 e. The van der Waals surface area contributed by atoms with Gasteiger partial charge in [-0.15, -0.1) is 0 Å². The lowest BCUT2D eigenvalue weighted by Crippen LogP contribution is -2.32. The minimum absolute atomic E-state index is 0.398. The fourth-order valence-corrected chi connectivity index (χ4v) is 2.82. The Labute approximate surface area is 177 Å². The van der Waals surface area contributed by atoms with Crippen LogP contribution < -0.4 is 10.1 Å². The van der Waals surface area contributed by atoms with E-state index in [1.807, 2.05) is 82.3 Å². The number of ether oxygens (including phenoxy) is 2. The molecule has 0 atom stereocenters. The molecule has 30 heavy (non-hydrogen) atoms. The molecule has 1 heterocycles. The van der Waals surface area contributed by atoms with Crippen LogP contribution >= 0.6 is 0 Å². The first kappa shape index (κ1) is 21.4. The Hall–Kier alpha value is -3.28. The Morgan fingerprint density at radius 3 is 2.43 bits per heavy atom. The minimum Gasteiger partial charge on any atom is -0.493 e. The normalized spacial score (nSPS) is 11.2. The number of carbonyl (C=O) groups is 1. The molecular formula is C24H28N2O4. The number of hydrogen-bond donors (Lipinski definition) is 1. The zero-order valence-electron chi connectivity index (χ0n) is 17.9. The first-order valence-electron chi connectivity index (χ1n) is 10.0. The Morgan fingerprint density at radius 2 is 1.77 bits per heavy atom. The first-order chi connectivity index (χ1) is 14.3. The quantitative estimate of drug-likeness (QED) is 0.574. The summed E-state index contributed by atoms with van der Waals surface area (Å²) in [6.45, 7) is 8.32. The molecule has 6 heteroatoms. The number of nitrogens with one attached hydrogen (secondary N) is 1. The summed E-state index contributed by atoms with van der Waals surface area (Å²) in [4.78, 5) is 16.3. The van der Waals surface area contributed by atoms with Crippen LogP contribution in [0.3, 0.4) is 0 Å². The van der Waals surface area contributed by atoms with Gasteiger partial charge in [0.25, 0.3) is 0 Å². The van der Waals surface area contributed by atoms with Crippen molar-refractivity contribution >= 4 is 6.09 Å². The molecule has 0 aliphatic rings. The molecule has 3 rings (SSSR count). The van der Waals surface area contributed by atoms with Crippen molar-refractivity contribution in [3.8, 4) is 17.2 Å². The van der Waals surface area contributed by atoms with Gasteiger partial charge in [0.2, 0.25) is 5.89 Å². The second-order valence-electron chi connectivity index (χ2n) is 7.99. The van der Waals surface area contributed by atoms with Crippen LogP contribution in [-0.2, 0) is 17.7 Å². The average molecular weight is 408 g/mol. The first-order valence-corrected chi connectivity index (χ1v) is 10.0. The van der Waals surface area contributed by atoms with Crippen LogP contribution in [0.25, 0.3) is 11.5 Å². The van der Waals surface area contributed by atoms with Crippen LogP contribution in [-0.4, -0.2) is 23.3 Å². The van der Waals surface area contributed by atoms with Crippen molar-refractivity contribution < 1.29 is 18.7 Å². The standard InChI is InChI=1S/C24H28N2O4/c1-17-21(26-22(29-17)19-8-6-5-7-9-19)14-15-28-20-12-10-18(11-13-20)16-25-23(27)30-24(2,3)4/h5-13H,14-16H2,1-4H3,(H,25,27). The van der Waals surface area contributed by atoms with E-state index in [0.717, 1.165) is 28.3 Å². The number of amides is 1. The summed E-state index contributed by atoms with van der Waals surface area (Å²) in [5.74, 6) is 2.20. The highest BCUT2D eigenvalue weighted by Gasteiger charge is 2.15. The molecule has 0 saturated heterocycles. The van der Waals surface area contributed by atoms with Gasteiger partial charge in [-0.2, -0.15) is 0 Å². The van der Waals surface area contributed by atoms with Crippen molar-refractivity contribution in [2.75, 3.05) is 6.61 Å². The molecule has 158 valence electrons. The van der Waals surface area contributed by atoms with Gasteiger partial charge in [0.1, 0.15) is 17.1 Å². The second kappa shape index (κ2) is 9.48. The zero-order chi connectivity index (χ0) is 21.6. The number of aromatic nitrogens is 1. The number of carbonyl (C=O) groups excluding carboxylic acids is 1. The lowest BCUT2D eigenvalue weighted by atomic mass is 10.2. The molecule has 1 amide bonds. The largest absolute Gasteiger partial charge is 0.493 e. The van der Waals surface area contributed by atoms with Crippen LogP contribution in [0.15, 0.2) is 59.0 Å². The van der Waals surface area contributed by atoms with Crippen LogP contribution in [0.5, 0.6) is 5.75 Å². The minimum atomic E-state index is -0.508. The number of oxazole rings is 1. The van der Waals surface area contributed by atoms with Gasteiger partial charge >= 0.3 is 6.09 Å². The van der Waals surface area contributed by atoms with Crippen molar-refractivity contribution in [1.29, 1.82) is 0 Å². The van der Waals surface area contributed by atoms with Crippen molar-refractivity contribution in [2.45, 2.75) is 46.3 Å². The summed E-state index contributed by atoms with van der Waals surface area (Å²) in [5.41, 5.74) is 2.31. The van der Waals surface area contributed by atoms with Gasteiger partial charge in [0.05, 0.1) is 12.3 Å². The predicted octanol–water partition coefficient (Wildman–Crippen LogP) is 5.30. The van der Waals surface area contributed by atoms with Gasteiger partial charge in [0, 0.05) is 18.5 Å². The molecule has 1 N–H and O–H groups in total. The van der Waals surface area contributed by atoms with Crippen molar-refractivity contribution in [1.82, 2.24) is 10.3 Å². The average Bonchev–Trinajstić information content (AvgIpc) is 3.07. The summed E-state index contributed by atoms with van der Waals surface area (Å²) >= 11 is 0. The van der Waals surface area contributed by atoms with Gasteiger partial charge in [0.15, 0.2) is 0 Å². The number of aryl methyl sites for hydroxylation is 1. The predicted molar refractivity (Wildman–Crippen MR) is 115 cm³/mol. The highest BCUT2D eigenvalue weighted by atomic mass is 16.6. The molecule has 0 radical (unpaired) electrons. The van der Waals surface area contributed by atoms with Crippen molar-refractivity contribution in [3.05, 3.63) is 71.6 Å². The Morgan fingerprint density at radius 1 is 1.07 bits per heavy atom. The SMILES string of the molecule is Cc1oc(-c2ccccc2)nc1CCOc1ccc(CNC(=O)OC(C)(C)C)cc1. The summed E-state index contributed by atoms with van der Waals surface area (Å²) in [6.07, 6.45) is 0.227. The number of nitrogens with zero attached hydrogens (tertiary/aromatic N) is 1. The van der Waals surface area contributed by atoms with Gasteiger partial charge in [-0.05, 0) is 57.5 Å². The van der Waals surface area contributed by atoms with E-state index in [4.69, 9.17) is 13.9 Å². The molecule has 2 aromatic carbocycles. The van der Waals surface area contributed by atoms with E-state index in [0.29, 0.717) is 25.5 Å². The topological polar surface area (TPSA) is 73.6 Å². The fraction of sp³-hybridized carbons (Fsp3) is 0.333. The number of hydrogen-bond acceptors (Lipinski definition) is 5. The number of rotatable bonds is 7. The maximum absolute atomic E-state index is 11.7. The lowest BCUT2D eigenvalue weighted by Gasteiger charge is -2.19. The molecule has 0 spiro atoms. The van der Waals surface area contributed by atoms with E-state index in [9.17, 15) is 4.79 Å². The summed E-state index contributed by atoms with van der Waals surface area (Å²) in [6, 6.07) is 17.5. The third-order valence-corrected chi connectivity index (χ3v) is 4.28. The van der Waals surface area contributed by atoms with Crippen molar-refractivity contribution in [2.24, 2.45) is 0 Å². The lowest BCUT2D eigenvalue weighted by molar-refractivity contribution is 0.0523. The summed E-state index contributed by atoms with van der Waals surface area (Å²) in [7, 11) is 0. The molecule has 0 aliphatic carbocycles. The third kappa shape index (κ3) is 6.37. The van der Waals surface area contributed by atoms with Crippen LogP contribution in [0.1, 0.15) is 37.8 Å². The molecule has 0 bridgehead atoms. The highest BCUT2D eigenvalue weighted by Crippen LogP contribution is 2.22. The maximum atomic E-state index is 11.7. The Kier molecular flexibility index (Phi) is 6.77.